The third-order valence-electron chi connectivity index (χ3n) is 5.34. The molecule has 1 saturated heterocycles. The standard InChI is InChI=1S/C20H17N3O3/c24-17(15-11-12-3-2-8-22-18(12)23-15)13-4-1-5-14-16(13)19(25)26-20(14)6-9-21-10-7-20/h1-5,8,11,21H,6-7,9-10H2,(H,22,23). The zero-order chi connectivity index (χ0) is 17.7. The van der Waals surface area contributed by atoms with E-state index in [4.69, 9.17) is 4.74 Å². The van der Waals surface area contributed by atoms with Crippen LogP contribution in [0.15, 0.2) is 42.6 Å². The van der Waals surface area contributed by atoms with Crippen LogP contribution in [-0.4, -0.2) is 34.8 Å². The lowest BCUT2D eigenvalue weighted by Gasteiger charge is -2.33. The fourth-order valence-electron chi connectivity index (χ4n) is 4.05. The van der Waals surface area contributed by atoms with Gasteiger partial charge in [0.25, 0.3) is 0 Å². The highest BCUT2D eigenvalue weighted by molar-refractivity contribution is 6.16. The first-order valence-electron chi connectivity index (χ1n) is 8.74. The minimum atomic E-state index is -0.601. The first-order valence-corrected chi connectivity index (χ1v) is 8.74. The highest BCUT2D eigenvalue weighted by Crippen LogP contribution is 2.44. The van der Waals surface area contributed by atoms with Crippen LogP contribution in [0.2, 0.25) is 0 Å². The second-order valence-electron chi connectivity index (χ2n) is 6.82. The van der Waals surface area contributed by atoms with Gasteiger partial charge in [0.1, 0.15) is 11.2 Å². The van der Waals surface area contributed by atoms with Crippen LogP contribution in [0.5, 0.6) is 0 Å². The topological polar surface area (TPSA) is 84.1 Å². The molecule has 0 aliphatic carbocycles. The summed E-state index contributed by atoms with van der Waals surface area (Å²) in [5.41, 5.74) is 2.10. The highest BCUT2D eigenvalue weighted by Gasteiger charge is 2.47. The van der Waals surface area contributed by atoms with E-state index in [-0.39, 0.29) is 5.78 Å². The van der Waals surface area contributed by atoms with E-state index in [1.165, 1.54) is 0 Å². The van der Waals surface area contributed by atoms with Crippen molar-refractivity contribution in [3.63, 3.8) is 0 Å². The van der Waals surface area contributed by atoms with E-state index in [2.05, 4.69) is 15.3 Å². The summed E-state index contributed by atoms with van der Waals surface area (Å²) in [5.74, 6) is -0.622. The molecule has 130 valence electrons. The van der Waals surface area contributed by atoms with Crippen LogP contribution in [0, 0.1) is 0 Å². The molecule has 0 amide bonds. The van der Waals surface area contributed by atoms with E-state index in [0.717, 1.165) is 36.9 Å². The minimum Gasteiger partial charge on any atom is -0.450 e. The molecule has 0 saturated carbocycles. The number of fused-ring (bicyclic) bond motifs is 3. The quantitative estimate of drug-likeness (QED) is 0.550. The molecule has 2 aromatic heterocycles. The van der Waals surface area contributed by atoms with Crippen molar-refractivity contribution in [1.82, 2.24) is 15.3 Å². The van der Waals surface area contributed by atoms with Gasteiger partial charge in [0.05, 0.1) is 11.3 Å². The van der Waals surface area contributed by atoms with Gasteiger partial charge < -0.3 is 15.0 Å². The lowest BCUT2D eigenvalue weighted by Crippen LogP contribution is -2.39. The third-order valence-corrected chi connectivity index (χ3v) is 5.34. The number of carbonyl (C=O) groups is 2. The Labute approximate surface area is 149 Å². The van der Waals surface area contributed by atoms with Gasteiger partial charge in [-0.2, -0.15) is 0 Å². The second-order valence-corrected chi connectivity index (χ2v) is 6.82. The third kappa shape index (κ3) is 2.12. The number of benzene rings is 1. The molecule has 26 heavy (non-hydrogen) atoms. The Kier molecular flexibility index (Phi) is 3.24. The van der Waals surface area contributed by atoms with Crippen molar-refractivity contribution in [2.45, 2.75) is 18.4 Å². The number of piperidine rings is 1. The number of aromatic amines is 1. The molecule has 5 rings (SSSR count). The number of nitrogens with zero attached hydrogens (tertiary/aromatic N) is 1. The molecule has 0 atom stereocenters. The number of esters is 1. The molecule has 2 N–H and O–H groups in total. The van der Waals surface area contributed by atoms with Crippen molar-refractivity contribution >= 4 is 22.8 Å². The summed E-state index contributed by atoms with van der Waals surface area (Å²) in [7, 11) is 0. The zero-order valence-electron chi connectivity index (χ0n) is 14.0. The largest absolute Gasteiger partial charge is 0.450 e. The van der Waals surface area contributed by atoms with Gasteiger partial charge in [0.2, 0.25) is 5.78 Å². The number of ether oxygens (including phenoxy) is 1. The fourth-order valence-corrected chi connectivity index (χ4v) is 4.05. The van der Waals surface area contributed by atoms with Crippen molar-refractivity contribution in [3.05, 3.63) is 65.0 Å². The first-order chi connectivity index (χ1) is 12.7. The van der Waals surface area contributed by atoms with E-state index < -0.39 is 11.6 Å². The van der Waals surface area contributed by atoms with Gasteiger partial charge in [0.15, 0.2) is 0 Å². The molecule has 0 radical (unpaired) electrons. The fraction of sp³-hybridized carbons (Fsp3) is 0.250. The van der Waals surface area contributed by atoms with Gasteiger partial charge in [-0.15, -0.1) is 0 Å². The maximum Gasteiger partial charge on any atom is 0.340 e. The number of H-pyrrole nitrogens is 1. The number of pyridine rings is 1. The van der Waals surface area contributed by atoms with Crippen molar-refractivity contribution in [3.8, 4) is 0 Å². The highest BCUT2D eigenvalue weighted by atomic mass is 16.6. The van der Waals surface area contributed by atoms with Crippen LogP contribution < -0.4 is 5.32 Å². The summed E-state index contributed by atoms with van der Waals surface area (Å²) >= 11 is 0. The Balaban J connectivity index is 1.62. The maximum absolute atomic E-state index is 13.1. The van der Waals surface area contributed by atoms with Gasteiger partial charge in [-0.05, 0) is 31.3 Å². The molecule has 2 aliphatic rings. The van der Waals surface area contributed by atoms with Gasteiger partial charge >= 0.3 is 5.97 Å². The molecule has 0 bridgehead atoms. The van der Waals surface area contributed by atoms with Crippen LogP contribution in [0.1, 0.15) is 44.8 Å². The summed E-state index contributed by atoms with van der Waals surface area (Å²) < 4.78 is 5.79. The number of aromatic nitrogens is 2. The average molecular weight is 347 g/mol. The SMILES string of the molecule is O=C(c1cc2cccnc2[nH]1)c1cccc2c1C(=O)OC21CCNCC1. The predicted molar refractivity (Wildman–Crippen MR) is 95.2 cm³/mol. The Bertz CT molecular complexity index is 1010. The number of nitrogens with one attached hydrogen (secondary N) is 2. The summed E-state index contributed by atoms with van der Waals surface area (Å²) in [5, 5.41) is 4.15. The Morgan fingerprint density at radius 1 is 1.15 bits per heavy atom. The molecular formula is C20H17N3O3. The normalized spacial score (nSPS) is 18.1. The van der Waals surface area contributed by atoms with Crippen molar-refractivity contribution < 1.29 is 14.3 Å². The smallest absolute Gasteiger partial charge is 0.340 e. The van der Waals surface area contributed by atoms with Gasteiger partial charge in [0, 0.05) is 35.6 Å². The molecule has 4 heterocycles. The number of hydrogen-bond acceptors (Lipinski definition) is 5. The molecule has 1 spiro atoms. The van der Waals surface area contributed by atoms with Crippen LogP contribution in [0.3, 0.4) is 0 Å². The summed E-state index contributed by atoms with van der Waals surface area (Å²) in [6, 6.07) is 10.9. The molecule has 6 heteroatoms. The number of ketones is 1. The van der Waals surface area contributed by atoms with Gasteiger partial charge in [-0.25, -0.2) is 9.78 Å². The lowest BCUT2D eigenvalue weighted by molar-refractivity contribution is -0.0242. The molecule has 2 aliphatic heterocycles. The molecule has 1 aromatic carbocycles. The van der Waals surface area contributed by atoms with E-state index >= 15 is 0 Å². The van der Waals surface area contributed by atoms with E-state index in [1.54, 1.807) is 18.3 Å². The minimum absolute atomic E-state index is 0.220. The molecule has 1 fully saturated rings. The van der Waals surface area contributed by atoms with Crippen molar-refractivity contribution in [1.29, 1.82) is 0 Å². The Morgan fingerprint density at radius 3 is 2.81 bits per heavy atom. The zero-order valence-corrected chi connectivity index (χ0v) is 14.0. The van der Waals surface area contributed by atoms with Crippen LogP contribution in [0.4, 0.5) is 0 Å². The molecular weight excluding hydrogens is 330 g/mol. The second kappa shape index (κ2) is 5.51. The van der Waals surface area contributed by atoms with Crippen LogP contribution >= 0.6 is 0 Å². The van der Waals surface area contributed by atoms with Crippen molar-refractivity contribution in [2.75, 3.05) is 13.1 Å². The summed E-state index contributed by atoms with van der Waals surface area (Å²) in [6.45, 7) is 1.58. The average Bonchev–Trinajstić information content (AvgIpc) is 3.22. The number of hydrogen-bond donors (Lipinski definition) is 2. The van der Waals surface area contributed by atoms with Gasteiger partial charge in [-0.1, -0.05) is 18.2 Å². The summed E-state index contributed by atoms with van der Waals surface area (Å²) in [6.07, 6.45) is 3.12. The van der Waals surface area contributed by atoms with E-state index in [1.807, 2.05) is 24.3 Å². The number of rotatable bonds is 2. The molecule has 0 unspecified atom stereocenters. The maximum atomic E-state index is 13.1. The van der Waals surface area contributed by atoms with E-state index in [0.29, 0.717) is 22.5 Å². The van der Waals surface area contributed by atoms with Gasteiger partial charge in [-0.3, -0.25) is 4.79 Å². The Morgan fingerprint density at radius 2 is 2.00 bits per heavy atom. The summed E-state index contributed by atoms with van der Waals surface area (Å²) in [4.78, 5) is 33.0. The number of carbonyl (C=O) groups excluding carboxylic acids is 2. The lowest BCUT2D eigenvalue weighted by atomic mass is 9.82. The monoisotopic (exact) mass is 347 g/mol. The first kappa shape index (κ1) is 15.3. The molecule has 3 aromatic rings. The van der Waals surface area contributed by atoms with Crippen molar-refractivity contribution in [2.24, 2.45) is 0 Å². The van der Waals surface area contributed by atoms with E-state index in [9.17, 15) is 9.59 Å². The molecule has 6 nitrogen and oxygen atoms in total. The predicted octanol–water partition coefficient (Wildman–Crippen LogP) is 2.54. The Hall–Kier alpha value is -2.99. The van der Waals surface area contributed by atoms with Crippen LogP contribution in [0.25, 0.3) is 11.0 Å². The van der Waals surface area contributed by atoms with Crippen LogP contribution in [-0.2, 0) is 10.3 Å².